The van der Waals surface area contributed by atoms with Crippen LogP contribution in [0.2, 0.25) is 0 Å². The SMILES string of the molecule is Cc1cc(C)c(C(CN)N(C)Cc2ccoc2)cc1C. The third kappa shape index (κ3) is 3.11. The first-order valence-electron chi connectivity index (χ1n) is 7.02. The molecule has 1 unspecified atom stereocenters. The monoisotopic (exact) mass is 272 g/mol. The first-order valence-corrected chi connectivity index (χ1v) is 7.02. The molecule has 1 aromatic heterocycles. The van der Waals surface area contributed by atoms with Crippen LogP contribution in [0.5, 0.6) is 0 Å². The number of rotatable bonds is 5. The van der Waals surface area contributed by atoms with Crippen molar-refractivity contribution in [2.75, 3.05) is 13.6 Å². The molecule has 1 atom stereocenters. The molecule has 2 rings (SSSR count). The van der Waals surface area contributed by atoms with Gasteiger partial charge in [-0.3, -0.25) is 4.90 Å². The van der Waals surface area contributed by atoms with Gasteiger partial charge in [0, 0.05) is 24.7 Å². The van der Waals surface area contributed by atoms with Crippen molar-refractivity contribution < 1.29 is 4.42 Å². The maximum absolute atomic E-state index is 6.03. The van der Waals surface area contributed by atoms with E-state index in [1.807, 2.05) is 6.07 Å². The highest BCUT2D eigenvalue weighted by Crippen LogP contribution is 2.26. The van der Waals surface area contributed by atoms with Gasteiger partial charge in [-0.15, -0.1) is 0 Å². The Balaban J connectivity index is 2.25. The zero-order valence-corrected chi connectivity index (χ0v) is 12.8. The summed E-state index contributed by atoms with van der Waals surface area (Å²) < 4.78 is 5.14. The molecule has 0 fully saturated rings. The third-order valence-corrected chi connectivity index (χ3v) is 4.01. The van der Waals surface area contributed by atoms with Crippen molar-refractivity contribution in [1.82, 2.24) is 4.90 Å². The second-order valence-corrected chi connectivity index (χ2v) is 5.59. The fourth-order valence-corrected chi connectivity index (χ4v) is 2.67. The van der Waals surface area contributed by atoms with E-state index in [1.165, 1.54) is 27.8 Å². The quantitative estimate of drug-likeness (QED) is 0.907. The number of hydrogen-bond donors (Lipinski definition) is 1. The number of benzene rings is 1. The van der Waals surface area contributed by atoms with Crippen molar-refractivity contribution in [3.05, 3.63) is 58.5 Å². The summed E-state index contributed by atoms with van der Waals surface area (Å²) in [5.41, 5.74) is 12.5. The van der Waals surface area contributed by atoms with Crippen molar-refractivity contribution >= 4 is 0 Å². The summed E-state index contributed by atoms with van der Waals surface area (Å²) in [6.07, 6.45) is 3.50. The van der Waals surface area contributed by atoms with Gasteiger partial charge < -0.3 is 10.2 Å². The van der Waals surface area contributed by atoms with Crippen LogP contribution in [0.3, 0.4) is 0 Å². The molecule has 0 saturated carbocycles. The molecule has 3 heteroatoms. The highest BCUT2D eigenvalue weighted by molar-refractivity contribution is 5.38. The molecule has 108 valence electrons. The maximum atomic E-state index is 6.03. The molecule has 2 N–H and O–H groups in total. The van der Waals surface area contributed by atoms with Crippen molar-refractivity contribution in [2.45, 2.75) is 33.4 Å². The first-order chi connectivity index (χ1) is 9.52. The lowest BCUT2D eigenvalue weighted by Crippen LogP contribution is -2.30. The molecule has 3 nitrogen and oxygen atoms in total. The van der Waals surface area contributed by atoms with Crippen LogP contribution >= 0.6 is 0 Å². The second kappa shape index (κ2) is 6.25. The summed E-state index contributed by atoms with van der Waals surface area (Å²) in [5, 5.41) is 0. The average Bonchev–Trinajstić information content (AvgIpc) is 2.89. The molecule has 0 aliphatic carbocycles. The summed E-state index contributed by atoms with van der Waals surface area (Å²) in [6.45, 7) is 7.92. The fraction of sp³-hybridized carbons (Fsp3) is 0.412. The zero-order chi connectivity index (χ0) is 14.7. The predicted molar refractivity (Wildman–Crippen MR) is 82.6 cm³/mol. The summed E-state index contributed by atoms with van der Waals surface area (Å²) >= 11 is 0. The number of furan rings is 1. The van der Waals surface area contributed by atoms with E-state index >= 15 is 0 Å². The minimum absolute atomic E-state index is 0.226. The van der Waals surface area contributed by atoms with E-state index in [0.29, 0.717) is 6.54 Å². The lowest BCUT2D eigenvalue weighted by molar-refractivity contribution is 0.240. The van der Waals surface area contributed by atoms with Crippen LogP contribution in [0.1, 0.15) is 33.9 Å². The summed E-state index contributed by atoms with van der Waals surface area (Å²) in [7, 11) is 2.11. The summed E-state index contributed by atoms with van der Waals surface area (Å²) in [4.78, 5) is 2.28. The Morgan fingerprint density at radius 2 is 1.85 bits per heavy atom. The summed E-state index contributed by atoms with van der Waals surface area (Å²) in [6, 6.07) is 6.74. The molecule has 0 aliphatic rings. The van der Waals surface area contributed by atoms with Crippen LogP contribution in [0.15, 0.2) is 35.1 Å². The molecule has 0 aliphatic heterocycles. The third-order valence-electron chi connectivity index (χ3n) is 4.01. The molecule has 0 saturated heterocycles. The average molecular weight is 272 g/mol. The lowest BCUT2D eigenvalue weighted by Gasteiger charge is -2.29. The van der Waals surface area contributed by atoms with E-state index in [2.05, 4.69) is 44.9 Å². The molecule has 0 spiro atoms. The van der Waals surface area contributed by atoms with E-state index in [1.54, 1.807) is 12.5 Å². The standard InChI is InChI=1S/C17H24N2O/c1-12-7-14(3)16(8-13(12)2)17(9-18)19(4)10-15-5-6-20-11-15/h5-8,11,17H,9-10,18H2,1-4H3. The molecular weight excluding hydrogens is 248 g/mol. The van der Waals surface area contributed by atoms with Gasteiger partial charge in [0.25, 0.3) is 0 Å². The Kier molecular flexibility index (Phi) is 4.63. The number of nitrogens with zero attached hydrogens (tertiary/aromatic N) is 1. The van der Waals surface area contributed by atoms with E-state index in [9.17, 15) is 0 Å². The van der Waals surface area contributed by atoms with E-state index in [-0.39, 0.29) is 6.04 Å². The molecule has 0 amide bonds. The first kappa shape index (κ1) is 14.8. The van der Waals surface area contributed by atoms with Crippen molar-refractivity contribution in [1.29, 1.82) is 0 Å². The minimum Gasteiger partial charge on any atom is -0.472 e. The highest BCUT2D eigenvalue weighted by atomic mass is 16.3. The predicted octanol–water partition coefficient (Wildman–Crippen LogP) is 3.34. The molecule has 1 aromatic carbocycles. The Hall–Kier alpha value is -1.58. The molecule has 1 heterocycles. The van der Waals surface area contributed by atoms with Gasteiger partial charge in [0.1, 0.15) is 0 Å². The maximum Gasteiger partial charge on any atom is 0.0947 e. The van der Waals surface area contributed by atoms with Crippen LogP contribution in [0.4, 0.5) is 0 Å². The highest BCUT2D eigenvalue weighted by Gasteiger charge is 2.18. The lowest BCUT2D eigenvalue weighted by atomic mass is 9.95. The van der Waals surface area contributed by atoms with Gasteiger partial charge in [-0.1, -0.05) is 12.1 Å². The zero-order valence-electron chi connectivity index (χ0n) is 12.8. The van der Waals surface area contributed by atoms with Crippen molar-refractivity contribution in [3.63, 3.8) is 0 Å². The normalized spacial score (nSPS) is 12.9. The van der Waals surface area contributed by atoms with Crippen LogP contribution < -0.4 is 5.73 Å². The Labute approximate surface area is 121 Å². The van der Waals surface area contributed by atoms with Crippen LogP contribution in [-0.4, -0.2) is 18.5 Å². The number of aryl methyl sites for hydroxylation is 3. The van der Waals surface area contributed by atoms with Gasteiger partial charge in [-0.25, -0.2) is 0 Å². The molecule has 2 aromatic rings. The van der Waals surface area contributed by atoms with Crippen molar-refractivity contribution in [2.24, 2.45) is 5.73 Å². The van der Waals surface area contributed by atoms with Gasteiger partial charge in [0.15, 0.2) is 0 Å². The van der Waals surface area contributed by atoms with Gasteiger partial charge >= 0.3 is 0 Å². The molecule has 0 bridgehead atoms. The Bertz CT molecular complexity index is 561. The fourth-order valence-electron chi connectivity index (χ4n) is 2.67. The second-order valence-electron chi connectivity index (χ2n) is 5.59. The molecule has 0 radical (unpaired) electrons. The van der Waals surface area contributed by atoms with Crippen LogP contribution in [0.25, 0.3) is 0 Å². The van der Waals surface area contributed by atoms with Crippen LogP contribution in [0, 0.1) is 20.8 Å². The van der Waals surface area contributed by atoms with Gasteiger partial charge in [0.2, 0.25) is 0 Å². The van der Waals surface area contributed by atoms with Gasteiger partial charge in [0.05, 0.1) is 12.5 Å². The van der Waals surface area contributed by atoms with Crippen LogP contribution in [-0.2, 0) is 6.54 Å². The number of hydrogen-bond acceptors (Lipinski definition) is 3. The van der Waals surface area contributed by atoms with Gasteiger partial charge in [-0.05, 0) is 56.1 Å². The summed E-state index contributed by atoms with van der Waals surface area (Å²) in [5.74, 6) is 0. The smallest absolute Gasteiger partial charge is 0.0947 e. The van der Waals surface area contributed by atoms with Gasteiger partial charge in [-0.2, -0.15) is 0 Å². The van der Waals surface area contributed by atoms with E-state index < -0.39 is 0 Å². The largest absolute Gasteiger partial charge is 0.472 e. The van der Waals surface area contributed by atoms with E-state index in [0.717, 1.165) is 6.54 Å². The molecule has 20 heavy (non-hydrogen) atoms. The number of nitrogens with two attached hydrogens (primary N) is 1. The minimum atomic E-state index is 0.226. The number of likely N-dealkylation sites (N-methyl/N-ethyl adjacent to an activating group) is 1. The Morgan fingerprint density at radius 1 is 1.15 bits per heavy atom. The Morgan fingerprint density at radius 3 is 2.45 bits per heavy atom. The van der Waals surface area contributed by atoms with Crippen molar-refractivity contribution in [3.8, 4) is 0 Å². The topological polar surface area (TPSA) is 42.4 Å². The van der Waals surface area contributed by atoms with E-state index in [4.69, 9.17) is 10.2 Å². The molecular formula is C17H24N2O.